The average molecular weight is 386 g/mol. The van der Waals surface area contributed by atoms with Crippen molar-refractivity contribution in [3.63, 3.8) is 0 Å². The molecule has 1 amide bonds. The summed E-state index contributed by atoms with van der Waals surface area (Å²) < 4.78 is 2.04. The third-order valence-electron chi connectivity index (χ3n) is 3.20. The average Bonchev–Trinajstić information content (AvgIpc) is 3.07. The van der Waals surface area contributed by atoms with Gasteiger partial charge in [0.05, 0.1) is 11.4 Å². The van der Waals surface area contributed by atoms with Crippen LogP contribution in [0.15, 0.2) is 53.0 Å². The summed E-state index contributed by atoms with van der Waals surface area (Å²) >= 11 is 3.37. The van der Waals surface area contributed by atoms with Crippen molar-refractivity contribution in [3.8, 4) is 5.69 Å². The summed E-state index contributed by atoms with van der Waals surface area (Å²) in [5.41, 5.74) is 7.14. The summed E-state index contributed by atoms with van der Waals surface area (Å²) in [5.74, 6) is -0.518. The van der Waals surface area contributed by atoms with Gasteiger partial charge in [0.25, 0.3) is 5.91 Å². The molecule has 3 rings (SSSR count). The van der Waals surface area contributed by atoms with E-state index < -0.39 is 5.91 Å². The predicted molar refractivity (Wildman–Crippen MR) is 92.3 cm³/mol. The minimum Gasteiger partial charge on any atom is -0.384 e. The quantitative estimate of drug-likeness (QED) is 0.467. The molecule has 0 fully saturated rings. The van der Waals surface area contributed by atoms with E-state index in [4.69, 9.17) is 11.1 Å². The topological polar surface area (TPSA) is 123 Å². The third kappa shape index (κ3) is 3.15. The van der Waals surface area contributed by atoms with Gasteiger partial charge in [-0.1, -0.05) is 24.3 Å². The molecule has 0 aliphatic heterocycles. The van der Waals surface area contributed by atoms with E-state index in [0.29, 0.717) is 16.9 Å². The number of nitrogens with two attached hydrogens (primary N) is 1. The molecule has 0 bridgehead atoms. The number of hydrogen-bond donors (Lipinski definition) is 3. The Kier molecular flexibility index (Phi) is 4.34. The first-order valence-corrected chi connectivity index (χ1v) is 7.64. The molecule has 0 aliphatic rings. The summed E-state index contributed by atoms with van der Waals surface area (Å²) in [6.07, 6.45) is 0. The zero-order valence-corrected chi connectivity index (χ0v) is 13.9. The number of nitrogen functional groups attached to an aromatic ring is 1. The zero-order valence-electron chi connectivity index (χ0n) is 12.3. The number of tetrazole rings is 1. The number of rotatable bonds is 4. The first-order valence-electron chi connectivity index (χ1n) is 6.85. The number of amides is 1. The highest BCUT2D eigenvalue weighted by molar-refractivity contribution is 9.10. The van der Waals surface area contributed by atoms with Crippen LogP contribution >= 0.6 is 15.9 Å². The first-order chi connectivity index (χ1) is 11.6. The molecule has 4 N–H and O–H groups in total. The van der Waals surface area contributed by atoms with Gasteiger partial charge in [-0.15, -0.1) is 5.10 Å². The number of anilines is 1. The van der Waals surface area contributed by atoms with Crippen LogP contribution in [0, 0.1) is 5.41 Å². The molecule has 3 aromatic rings. The number of halogens is 1. The van der Waals surface area contributed by atoms with E-state index in [1.165, 1.54) is 4.68 Å². The fourth-order valence-electron chi connectivity index (χ4n) is 2.05. The van der Waals surface area contributed by atoms with E-state index in [1.807, 2.05) is 12.1 Å². The summed E-state index contributed by atoms with van der Waals surface area (Å²) in [7, 11) is 0. The molecule has 1 aromatic heterocycles. The van der Waals surface area contributed by atoms with Crippen molar-refractivity contribution in [2.75, 3.05) is 5.32 Å². The summed E-state index contributed by atoms with van der Waals surface area (Å²) in [6, 6.07) is 14.0. The highest BCUT2D eigenvalue weighted by Gasteiger charge is 2.18. The minimum absolute atomic E-state index is 0.0199. The zero-order chi connectivity index (χ0) is 17.1. The molecule has 8 nitrogen and oxygen atoms in total. The van der Waals surface area contributed by atoms with E-state index in [9.17, 15) is 4.79 Å². The van der Waals surface area contributed by atoms with Gasteiger partial charge in [-0.2, -0.15) is 4.68 Å². The lowest BCUT2D eigenvalue weighted by Gasteiger charge is -2.08. The van der Waals surface area contributed by atoms with Gasteiger partial charge in [0.1, 0.15) is 5.84 Å². The molecule has 0 radical (unpaired) electrons. The van der Waals surface area contributed by atoms with Crippen LogP contribution in [0.4, 0.5) is 5.69 Å². The second-order valence-electron chi connectivity index (χ2n) is 4.81. The fraction of sp³-hybridized carbons (Fsp3) is 0. The highest BCUT2D eigenvalue weighted by atomic mass is 79.9. The largest absolute Gasteiger partial charge is 0.384 e. The molecule has 120 valence electrons. The maximum absolute atomic E-state index is 12.5. The molecule has 0 aliphatic carbocycles. The van der Waals surface area contributed by atoms with Crippen LogP contribution < -0.4 is 11.1 Å². The standard InChI is InChI=1S/C15H12BrN7O/c16-11-6-1-2-7-12(11)19-15(24)14-20-21-22-23(14)10-5-3-4-9(8-10)13(17)18/h1-8H,(H3,17,18)(H,19,24). The van der Waals surface area contributed by atoms with Gasteiger partial charge in [-0.25, -0.2) is 0 Å². The molecule has 0 unspecified atom stereocenters. The molecule has 0 saturated heterocycles. The van der Waals surface area contributed by atoms with Gasteiger partial charge >= 0.3 is 0 Å². The van der Waals surface area contributed by atoms with Crippen LogP contribution in [0.3, 0.4) is 0 Å². The number of carbonyl (C=O) groups excluding carboxylic acids is 1. The van der Waals surface area contributed by atoms with Crippen LogP contribution in [0.5, 0.6) is 0 Å². The molecule has 9 heteroatoms. The summed E-state index contributed by atoms with van der Waals surface area (Å²) in [6.45, 7) is 0. The molecular weight excluding hydrogens is 374 g/mol. The molecule has 0 spiro atoms. The number of para-hydroxylation sites is 1. The maximum Gasteiger partial charge on any atom is 0.295 e. The van der Waals surface area contributed by atoms with Crippen molar-refractivity contribution in [2.24, 2.45) is 5.73 Å². The van der Waals surface area contributed by atoms with Gasteiger partial charge in [0.2, 0.25) is 5.82 Å². The van der Waals surface area contributed by atoms with Crippen molar-refractivity contribution < 1.29 is 4.79 Å². The lowest BCUT2D eigenvalue weighted by atomic mass is 10.2. The highest BCUT2D eigenvalue weighted by Crippen LogP contribution is 2.22. The number of nitrogens with one attached hydrogen (secondary N) is 2. The normalized spacial score (nSPS) is 10.4. The second-order valence-corrected chi connectivity index (χ2v) is 5.67. The Hall–Kier alpha value is -3.07. The molecule has 0 atom stereocenters. The van der Waals surface area contributed by atoms with Crippen LogP contribution in [0.25, 0.3) is 5.69 Å². The number of amidine groups is 1. The molecule has 2 aromatic carbocycles. The van der Waals surface area contributed by atoms with E-state index in [2.05, 4.69) is 36.8 Å². The molecule has 1 heterocycles. The SMILES string of the molecule is N=C(N)c1cccc(-n2nnnc2C(=O)Nc2ccccc2Br)c1. The fourth-order valence-corrected chi connectivity index (χ4v) is 2.43. The predicted octanol–water partition coefficient (Wildman–Crippen LogP) is 1.96. The van der Waals surface area contributed by atoms with Crippen molar-refractivity contribution in [3.05, 3.63) is 64.4 Å². The number of hydrogen-bond acceptors (Lipinski definition) is 5. The number of carbonyl (C=O) groups is 1. The van der Waals surface area contributed by atoms with Crippen LogP contribution in [-0.2, 0) is 0 Å². The Morgan fingerprint density at radius 3 is 2.75 bits per heavy atom. The monoisotopic (exact) mass is 385 g/mol. The number of benzene rings is 2. The van der Waals surface area contributed by atoms with Crippen molar-refractivity contribution in [1.29, 1.82) is 5.41 Å². The van der Waals surface area contributed by atoms with E-state index >= 15 is 0 Å². The van der Waals surface area contributed by atoms with Crippen LogP contribution in [0.1, 0.15) is 16.2 Å². The van der Waals surface area contributed by atoms with E-state index in [1.54, 1.807) is 36.4 Å². The van der Waals surface area contributed by atoms with Crippen LogP contribution in [0.2, 0.25) is 0 Å². The Bertz CT molecular complexity index is 921. The van der Waals surface area contributed by atoms with Gasteiger partial charge in [0, 0.05) is 10.0 Å². The minimum atomic E-state index is -0.458. The number of aromatic nitrogens is 4. The van der Waals surface area contributed by atoms with Crippen molar-refractivity contribution in [2.45, 2.75) is 0 Å². The van der Waals surface area contributed by atoms with Crippen molar-refractivity contribution >= 4 is 33.4 Å². The Labute approximate surface area is 145 Å². The Morgan fingerprint density at radius 2 is 2.00 bits per heavy atom. The molecule has 0 saturated carbocycles. The third-order valence-corrected chi connectivity index (χ3v) is 3.89. The summed E-state index contributed by atoms with van der Waals surface area (Å²) in [5, 5.41) is 21.4. The smallest absolute Gasteiger partial charge is 0.295 e. The van der Waals surface area contributed by atoms with Gasteiger partial charge in [-0.05, 0) is 50.6 Å². The van der Waals surface area contributed by atoms with Gasteiger partial charge in [0.15, 0.2) is 0 Å². The molecule has 24 heavy (non-hydrogen) atoms. The second kappa shape index (κ2) is 6.59. The van der Waals surface area contributed by atoms with Crippen LogP contribution in [-0.4, -0.2) is 32.0 Å². The maximum atomic E-state index is 12.5. The Morgan fingerprint density at radius 1 is 1.21 bits per heavy atom. The number of nitrogens with zero attached hydrogens (tertiary/aromatic N) is 4. The van der Waals surface area contributed by atoms with Crippen molar-refractivity contribution in [1.82, 2.24) is 20.2 Å². The summed E-state index contributed by atoms with van der Waals surface area (Å²) in [4.78, 5) is 12.5. The lowest BCUT2D eigenvalue weighted by molar-refractivity contribution is 0.101. The van der Waals surface area contributed by atoms with Gasteiger partial charge in [-0.3, -0.25) is 10.2 Å². The van der Waals surface area contributed by atoms with E-state index in [-0.39, 0.29) is 11.7 Å². The van der Waals surface area contributed by atoms with Gasteiger partial charge < -0.3 is 11.1 Å². The first kappa shape index (κ1) is 15.8. The molecular formula is C15H12BrN7O. The van der Waals surface area contributed by atoms with E-state index in [0.717, 1.165) is 4.47 Å². The lowest BCUT2D eigenvalue weighted by Crippen LogP contribution is -2.19. The Balaban J connectivity index is 1.93.